The summed E-state index contributed by atoms with van der Waals surface area (Å²) in [6.45, 7) is 7.13. The van der Waals surface area contributed by atoms with E-state index >= 15 is 0 Å². The van der Waals surface area contributed by atoms with E-state index in [1.165, 1.54) is 22.4 Å². The van der Waals surface area contributed by atoms with E-state index in [4.69, 9.17) is 9.47 Å². The summed E-state index contributed by atoms with van der Waals surface area (Å²) in [4.78, 5) is 0. The summed E-state index contributed by atoms with van der Waals surface area (Å²) in [7, 11) is 3.34. The van der Waals surface area contributed by atoms with Crippen LogP contribution in [0.1, 0.15) is 22.3 Å². The summed E-state index contributed by atoms with van der Waals surface area (Å²) >= 11 is 0. The predicted molar refractivity (Wildman–Crippen MR) is 87.5 cm³/mol. The van der Waals surface area contributed by atoms with E-state index in [-0.39, 0.29) is 0 Å². The minimum absolute atomic E-state index is 0.721. The Morgan fingerprint density at radius 3 is 2.29 bits per heavy atom. The molecule has 0 bridgehead atoms. The number of hydrogen-bond acceptors (Lipinski definition) is 3. The van der Waals surface area contributed by atoms with Crippen LogP contribution >= 0.6 is 0 Å². The lowest BCUT2D eigenvalue weighted by molar-refractivity contribution is 0.391. The second-order valence-corrected chi connectivity index (χ2v) is 5.23. The highest BCUT2D eigenvalue weighted by molar-refractivity contribution is 5.60. The summed E-state index contributed by atoms with van der Waals surface area (Å²) in [5, 5.41) is 3.53. The normalized spacial score (nSPS) is 10.3. The molecule has 2 aromatic rings. The van der Waals surface area contributed by atoms with Crippen molar-refractivity contribution >= 4 is 5.69 Å². The van der Waals surface area contributed by atoms with Crippen LogP contribution in [0, 0.1) is 20.8 Å². The first-order valence-electron chi connectivity index (χ1n) is 7.08. The molecule has 1 N–H and O–H groups in total. The molecule has 3 heteroatoms. The lowest BCUT2D eigenvalue weighted by Crippen LogP contribution is -2.05. The van der Waals surface area contributed by atoms with Gasteiger partial charge in [0.15, 0.2) is 0 Å². The van der Waals surface area contributed by atoms with Crippen LogP contribution in [0.15, 0.2) is 30.3 Å². The van der Waals surface area contributed by atoms with Gasteiger partial charge in [-0.15, -0.1) is 0 Å². The third kappa shape index (κ3) is 3.30. The van der Waals surface area contributed by atoms with Crippen molar-refractivity contribution < 1.29 is 9.47 Å². The summed E-state index contributed by atoms with van der Waals surface area (Å²) < 4.78 is 10.7. The SMILES string of the molecule is COc1ccc(CNc2c(C)ccc(C)c2C)c(OC)c1. The van der Waals surface area contributed by atoms with E-state index in [2.05, 4.69) is 38.2 Å². The molecule has 0 saturated carbocycles. The fourth-order valence-corrected chi connectivity index (χ4v) is 2.40. The van der Waals surface area contributed by atoms with E-state index in [1.54, 1.807) is 14.2 Å². The van der Waals surface area contributed by atoms with Crippen LogP contribution in [0.3, 0.4) is 0 Å². The molecule has 0 spiro atoms. The zero-order valence-electron chi connectivity index (χ0n) is 13.4. The minimum atomic E-state index is 0.721. The highest BCUT2D eigenvalue weighted by Gasteiger charge is 2.08. The number of hydrogen-bond donors (Lipinski definition) is 1. The molecular weight excluding hydrogens is 262 g/mol. The third-order valence-electron chi connectivity index (χ3n) is 3.89. The Bertz CT molecular complexity index is 635. The highest BCUT2D eigenvalue weighted by atomic mass is 16.5. The van der Waals surface area contributed by atoms with Gasteiger partial charge < -0.3 is 14.8 Å². The van der Waals surface area contributed by atoms with Gasteiger partial charge in [0.05, 0.1) is 14.2 Å². The van der Waals surface area contributed by atoms with Crippen LogP contribution in [0.25, 0.3) is 0 Å². The van der Waals surface area contributed by atoms with Gasteiger partial charge in [0.25, 0.3) is 0 Å². The highest BCUT2D eigenvalue weighted by Crippen LogP contribution is 2.27. The van der Waals surface area contributed by atoms with Crippen molar-refractivity contribution in [2.45, 2.75) is 27.3 Å². The van der Waals surface area contributed by atoms with Crippen LogP contribution in [-0.4, -0.2) is 14.2 Å². The molecule has 0 amide bonds. The molecule has 0 aromatic heterocycles. The first-order chi connectivity index (χ1) is 10.1. The first-order valence-corrected chi connectivity index (χ1v) is 7.08. The molecule has 0 aliphatic rings. The quantitative estimate of drug-likeness (QED) is 0.891. The lowest BCUT2D eigenvalue weighted by atomic mass is 10.0. The fourth-order valence-electron chi connectivity index (χ4n) is 2.40. The molecule has 2 rings (SSSR count). The average Bonchev–Trinajstić information content (AvgIpc) is 2.51. The van der Waals surface area contributed by atoms with Gasteiger partial charge in [0.1, 0.15) is 11.5 Å². The Morgan fingerprint density at radius 2 is 1.62 bits per heavy atom. The van der Waals surface area contributed by atoms with Crippen molar-refractivity contribution in [1.82, 2.24) is 0 Å². The van der Waals surface area contributed by atoms with Gasteiger partial charge in [-0.2, -0.15) is 0 Å². The maximum Gasteiger partial charge on any atom is 0.127 e. The second-order valence-electron chi connectivity index (χ2n) is 5.23. The van der Waals surface area contributed by atoms with E-state index in [1.807, 2.05) is 18.2 Å². The van der Waals surface area contributed by atoms with E-state index in [0.29, 0.717) is 0 Å². The topological polar surface area (TPSA) is 30.5 Å². The second kappa shape index (κ2) is 6.53. The van der Waals surface area contributed by atoms with E-state index < -0.39 is 0 Å². The fraction of sp³-hybridized carbons (Fsp3) is 0.333. The van der Waals surface area contributed by atoms with Gasteiger partial charge in [-0.3, -0.25) is 0 Å². The van der Waals surface area contributed by atoms with E-state index in [9.17, 15) is 0 Å². The molecular formula is C18H23NO2. The number of methoxy groups -OCH3 is 2. The van der Waals surface area contributed by atoms with Gasteiger partial charge in [0.2, 0.25) is 0 Å². The zero-order chi connectivity index (χ0) is 15.4. The molecule has 21 heavy (non-hydrogen) atoms. The van der Waals surface area contributed by atoms with Crippen molar-refractivity contribution in [3.8, 4) is 11.5 Å². The largest absolute Gasteiger partial charge is 0.497 e. The summed E-state index contributed by atoms with van der Waals surface area (Å²) in [6.07, 6.45) is 0. The Balaban J connectivity index is 2.22. The van der Waals surface area contributed by atoms with Crippen molar-refractivity contribution in [3.05, 3.63) is 52.6 Å². The van der Waals surface area contributed by atoms with Gasteiger partial charge in [0, 0.05) is 23.9 Å². The molecule has 3 nitrogen and oxygen atoms in total. The Kier molecular flexibility index (Phi) is 4.73. The molecule has 0 unspecified atom stereocenters. The smallest absolute Gasteiger partial charge is 0.127 e. The lowest BCUT2D eigenvalue weighted by Gasteiger charge is -2.16. The first kappa shape index (κ1) is 15.2. The van der Waals surface area contributed by atoms with Crippen LogP contribution in [0.4, 0.5) is 5.69 Å². The Labute approximate surface area is 126 Å². The number of anilines is 1. The van der Waals surface area contributed by atoms with Crippen molar-refractivity contribution in [1.29, 1.82) is 0 Å². The van der Waals surface area contributed by atoms with Gasteiger partial charge in [-0.25, -0.2) is 0 Å². The number of rotatable bonds is 5. The van der Waals surface area contributed by atoms with Crippen LogP contribution in [0.5, 0.6) is 11.5 Å². The monoisotopic (exact) mass is 285 g/mol. The molecule has 0 saturated heterocycles. The van der Waals surface area contributed by atoms with Crippen molar-refractivity contribution in [2.24, 2.45) is 0 Å². The molecule has 0 radical (unpaired) electrons. The number of benzene rings is 2. The maximum atomic E-state index is 5.44. The molecule has 2 aromatic carbocycles. The standard InChI is InChI=1S/C18H23NO2/c1-12-6-7-13(2)18(14(12)3)19-11-15-8-9-16(20-4)10-17(15)21-5/h6-10,19H,11H2,1-5H3. The number of aryl methyl sites for hydroxylation is 2. The predicted octanol–water partition coefficient (Wildman–Crippen LogP) is 4.24. The molecule has 0 fully saturated rings. The number of ether oxygens (including phenoxy) is 2. The van der Waals surface area contributed by atoms with Crippen LogP contribution in [-0.2, 0) is 6.54 Å². The molecule has 0 aliphatic heterocycles. The van der Waals surface area contributed by atoms with Crippen molar-refractivity contribution in [2.75, 3.05) is 19.5 Å². The van der Waals surface area contributed by atoms with E-state index in [0.717, 1.165) is 23.6 Å². The molecule has 0 atom stereocenters. The number of nitrogens with one attached hydrogen (secondary N) is 1. The zero-order valence-corrected chi connectivity index (χ0v) is 13.4. The van der Waals surface area contributed by atoms with Gasteiger partial charge in [-0.1, -0.05) is 12.1 Å². The minimum Gasteiger partial charge on any atom is -0.497 e. The maximum absolute atomic E-state index is 5.44. The summed E-state index contributed by atoms with van der Waals surface area (Å²) in [5.41, 5.74) is 6.16. The Hall–Kier alpha value is -2.16. The molecule has 0 aliphatic carbocycles. The summed E-state index contributed by atoms with van der Waals surface area (Å²) in [6, 6.07) is 10.2. The van der Waals surface area contributed by atoms with Crippen LogP contribution in [0.2, 0.25) is 0 Å². The van der Waals surface area contributed by atoms with Gasteiger partial charge in [-0.05, 0) is 49.6 Å². The van der Waals surface area contributed by atoms with Crippen molar-refractivity contribution in [3.63, 3.8) is 0 Å². The average molecular weight is 285 g/mol. The summed E-state index contributed by atoms with van der Waals surface area (Å²) in [5.74, 6) is 1.64. The van der Waals surface area contributed by atoms with Crippen LogP contribution < -0.4 is 14.8 Å². The van der Waals surface area contributed by atoms with Gasteiger partial charge >= 0.3 is 0 Å². The molecule has 0 heterocycles. The Morgan fingerprint density at radius 1 is 0.905 bits per heavy atom. The molecule has 112 valence electrons. The third-order valence-corrected chi connectivity index (χ3v) is 3.89.